The fourth-order valence-electron chi connectivity index (χ4n) is 2.50. The Balaban J connectivity index is 2.14. The molecule has 2 aliphatic rings. The third-order valence-corrected chi connectivity index (χ3v) is 3.23. The smallest absolute Gasteiger partial charge is 0.190 e. The van der Waals surface area contributed by atoms with Gasteiger partial charge in [-0.2, -0.15) is 0 Å². The Morgan fingerprint density at radius 2 is 1.88 bits per heavy atom. The third-order valence-electron chi connectivity index (χ3n) is 3.23. The van der Waals surface area contributed by atoms with E-state index in [1.807, 2.05) is 6.92 Å². The van der Waals surface area contributed by atoms with Crippen LogP contribution in [-0.4, -0.2) is 46.7 Å². The Bertz CT molecular complexity index is 267. The quantitative estimate of drug-likeness (QED) is 0.736. The van der Waals surface area contributed by atoms with Gasteiger partial charge in [0.05, 0.1) is 6.61 Å². The zero-order chi connectivity index (χ0) is 12.0. The van der Waals surface area contributed by atoms with E-state index in [1.54, 1.807) is 13.8 Å². The van der Waals surface area contributed by atoms with Crippen molar-refractivity contribution < 1.29 is 24.4 Å². The van der Waals surface area contributed by atoms with Gasteiger partial charge in [-0.1, -0.05) is 13.3 Å². The monoisotopic (exact) mass is 232 g/mol. The van der Waals surface area contributed by atoms with Crippen molar-refractivity contribution in [3.05, 3.63) is 0 Å². The van der Waals surface area contributed by atoms with Gasteiger partial charge in [0.15, 0.2) is 12.1 Å². The first kappa shape index (κ1) is 12.3. The molecular weight excluding hydrogens is 212 g/mol. The number of ether oxygens (including phenoxy) is 3. The van der Waals surface area contributed by atoms with E-state index in [0.29, 0.717) is 6.42 Å². The Kier molecular flexibility index (Phi) is 3.01. The van der Waals surface area contributed by atoms with Gasteiger partial charge in [-0.3, -0.25) is 0 Å². The van der Waals surface area contributed by atoms with E-state index in [4.69, 9.17) is 14.2 Å². The molecule has 2 heterocycles. The summed E-state index contributed by atoms with van der Waals surface area (Å²) in [7, 11) is 0. The molecule has 2 N–H and O–H groups in total. The standard InChI is InChI=1S/C11H20O5/c1-4-5-11(6-12)8(13)7-9(16-11)15-10(2,3)14-7/h7-9,12-13H,4-6H2,1-3H3/t7?,8-,9+,11-/m1/s1. The zero-order valence-electron chi connectivity index (χ0n) is 9.97. The number of hydrogen-bond donors (Lipinski definition) is 2. The molecule has 16 heavy (non-hydrogen) atoms. The van der Waals surface area contributed by atoms with E-state index in [9.17, 15) is 10.2 Å². The number of aliphatic hydroxyl groups excluding tert-OH is 2. The average molecular weight is 232 g/mol. The van der Waals surface area contributed by atoms with Crippen molar-refractivity contribution >= 4 is 0 Å². The van der Waals surface area contributed by atoms with Gasteiger partial charge in [0.25, 0.3) is 0 Å². The van der Waals surface area contributed by atoms with Crippen molar-refractivity contribution in [3.8, 4) is 0 Å². The molecule has 0 saturated carbocycles. The predicted molar refractivity (Wildman–Crippen MR) is 55.6 cm³/mol. The first-order chi connectivity index (χ1) is 7.44. The topological polar surface area (TPSA) is 68.2 Å². The molecule has 0 aromatic heterocycles. The highest BCUT2D eigenvalue weighted by molar-refractivity contribution is 5.02. The van der Waals surface area contributed by atoms with Gasteiger partial charge in [-0.05, 0) is 20.3 Å². The molecule has 5 nitrogen and oxygen atoms in total. The van der Waals surface area contributed by atoms with Crippen LogP contribution in [0, 0.1) is 0 Å². The van der Waals surface area contributed by atoms with Crippen molar-refractivity contribution in [3.63, 3.8) is 0 Å². The normalized spacial score (nSPS) is 45.9. The third kappa shape index (κ3) is 1.76. The minimum atomic E-state index is -0.930. The highest BCUT2D eigenvalue weighted by Gasteiger charge is 2.60. The Hall–Kier alpha value is -0.200. The van der Waals surface area contributed by atoms with Gasteiger partial charge in [-0.25, -0.2) is 0 Å². The van der Waals surface area contributed by atoms with Gasteiger partial charge < -0.3 is 24.4 Å². The van der Waals surface area contributed by atoms with E-state index >= 15 is 0 Å². The van der Waals surface area contributed by atoms with Crippen LogP contribution in [0.4, 0.5) is 0 Å². The molecule has 0 aromatic rings. The second-order valence-electron chi connectivity index (χ2n) is 5.00. The molecule has 5 heteroatoms. The molecule has 2 saturated heterocycles. The lowest BCUT2D eigenvalue weighted by Gasteiger charge is -2.32. The largest absolute Gasteiger partial charge is 0.393 e. The molecule has 2 rings (SSSR count). The summed E-state index contributed by atoms with van der Waals surface area (Å²) in [4.78, 5) is 0. The van der Waals surface area contributed by atoms with Gasteiger partial charge in [0, 0.05) is 0 Å². The summed E-state index contributed by atoms with van der Waals surface area (Å²) in [6, 6.07) is 0. The van der Waals surface area contributed by atoms with Crippen LogP contribution in [-0.2, 0) is 14.2 Å². The van der Waals surface area contributed by atoms with Crippen LogP contribution in [0.3, 0.4) is 0 Å². The summed E-state index contributed by atoms with van der Waals surface area (Å²) >= 11 is 0. The van der Waals surface area contributed by atoms with Crippen LogP contribution in [0.2, 0.25) is 0 Å². The molecule has 2 fully saturated rings. The Morgan fingerprint density at radius 1 is 1.19 bits per heavy atom. The second-order valence-corrected chi connectivity index (χ2v) is 5.00. The molecule has 2 aliphatic heterocycles. The lowest BCUT2D eigenvalue weighted by Crippen LogP contribution is -2.47. The fraction of sp³-hybridized carbons (Fsp3) is 1.00. The Labute approximate surface area is 95.3 Å². The van der Waals surface area contributed by atoms with Gasteiger partial charge in [0.1, 0.15) is 17.8 Å². The first-order valence-corrected chi connectivity index (χ1v) is 5.76. The summed E-state index contributed by atoms with van der Waals surface area (Å²) in [5.41, 5.74) is -0.930. The molecule has 0 aliphatic carbocycles. The lowest BCUT2D eigenvalue weighted by molar-refractivity contribution is -0.247. The number of rotatable bonds is 3. The van der Waals surface area contributed by atoms with Crippen molar-refractivity contribution in [1.82, 2.24) is 0 Å². The molecule has 0 radical (unpaired) electrons. The lowest BCUT2D eigenvalue weighted by atomic mass is 9.91. The Morgan fingerprint density at radius 3 is 2.38 bits per heavy atom. The molecule has 1 unspecified atom stereocenters. The summed E-state index contributed by atoms with van der Waals surface area (Å²) < 4.78 is 16.8. The SMILES string of the molecule is CCC[C@]1(CO)O[C@@H]2OC(C)(C)OC2[C@H]1O. The summed E-state index contributed by atoms with van der Waals surface area (Å²) in [5.74, 6) is -0.732. The van der Waals surface area contributed by atoms with E-state index in [1.165, 1.54) is 0 Å². The number of aliphatic hydroxyl groups is 2. The van der Waals surface area contributed by atoms with Crippen LogP contribution in [0.15, 0.2) is 0 Å². The molecule has 0 bridgehead atoms. The van der Waals surface area contributed by atoms with Crippen LogP contribution < -0.4 is 0 Å². The molecule has 4 atom stereocenters. The van der Waals surface area contributed by atoms with E-state index < -0.39 is 29.9 Å². The summed E-state index contributed by atoms with van der Waals surface area (Å²) in [6.45, 7) is 5.32. The van der Waals surface area contributed by atoms with Crippen LogP contribution in [0.25, 0.3) is 0 Å². The number of fused-ring (bicyclic) bond motifs is 1. The van der Waals surface area contributed by atoms with E-state index in [-0.39, 0.29) is 6.61 Å². The predicted octanol–water partition coefficient (Wildman–Crippen LogP) is 0.386. The van der Waals surface area contributed by atoms with Gasteiger partial charge in [0.2, 0.25) is 0 Å². The maximum Gasteiger partial charge on any atom is 0.190 e. The van der Waals surface area contributed by atoms with Crippen molar-refractivity contribution in [2.45, 2.75) is 63.5 Å². The maximum atomic E-state index is 10.2. The molecule has 0 spiro atoms. The van der Waals surface area contributed by atoms with Crippen LogP contribution >= 0.6 is 0 Å². The van der Waals surface area contributed by atoms with Gasteiger partial charge in [-0.15, -0.1) is 0 Å². The van der Waals surface area contributed by atoms with E-state index in [2.05, 4.69) is 0 Å². The maximum absolute atomic E-state index is 10.2. The van der Waals surface area contributed by atoms with Gasteiger partial charge >= 0.3 is 0 Å². The molecular formula is C11H20O5. The van der Waals surface area contributed by atoms with Crippen molar-refractivity contribution in [2.24, 2.45) is 0 Å². The highest BCUT2D eigenvalue weighted by atomic mass is 16.8. The zero-order valence-corrected chi connectivity index (χ0v) is 9.97. The van der Waals surface area contributed by atoms with E-state index in [0.717, 1.165) is 6.42 Å². The fourth-order valence-corrected chi connectivity index (χ4v) is 2.50. The average Bonchev–Trinajstić information content (AvgIpc) is 2.62. The highest BCUT2D eigenvalue weighted by Crippen LogP contribution is 2.43. The number of hydrogen-bond acceptors (Lipinski definition) is 5. The minimum Gasteiger partial charge on any atom is -0.393 e. The minimum absolute atomic E-state index is 0.220. The van der Waals surface area contributed by atoms with Crippen molar-refractivity contribution in [1.29, 1.82) is 0 Å². The first-order valence-electron chi connectivity index (χ1n) is 5.76. The molecule has 94 valence electrons. The van der Waals surface area contributed by atoms with Crippen molar-refractivity contribution in [2.75, 3.05) is 6.61 Å². The van der Waals surface area contributed by atoms with Crippen LogP contribution in [0.5, 0.6) is 0 Å². The van der Waals surface area contributed by atoms with Crippen LogP contribution in [0.1, 0.15) is 33.6 Å². The molecule has 0 amide bonds. The summed E-state index contributed by atoms with van der Waals surface area (Å²) in [5, 5.41) is 19.6. The summed E-state index contributed by atoms with van der Waals surface area (Å²) in [6.07, 6.45) is -0.521. The molecule has 0 aromatic carbocycles. The second kappa shape index (κ2) is 3.92.